The van der Waals surface area contributed by atoms with Gasteiger partial charge in [0, 0.05) is 36.5 Å². The van der Waals surface area contributed by atoms with E-state index in [-0.39, 0.29) is 0 Å². The summed E-state index contributed by atoms with van der Waals surface area (Å²) in [5.74, 6) is 1.62. The molecule has 0 aliphatic heterocycles. The van der Waals surface area contributed by atoms with E-state index < -0.39 is 0 Å². The number of aromatic amines is 1. The normalized spacial score (nSPS) is 10.3. The first-order valence-electron chi connectivity index (χ1n) is 5.72. The Labute approximate surface area is 106 Å². The second kappa shape index (κ2) is 6.07. The van der Waals surface area contributed by atoms with Crippen LogP contribution in [0.5, 0.6) is 11.5 Å². The first kappa shape index (κ1) is 12.4. The fraction of sp³-hybridized carbons (Fsp3) is 0.308. The minimum atomic E-state index is 0.734. The zero-order valence-corrected chi connectivity index (χ0v) is 10.6. The van der Waals surface area contributed by atoms with E-state index in [0.717, 1.165) is 35.7 Å². The van der Waals surface area contributed by atoms with Crippen LogP contribution < -0.4 is 14.8 Å². The minimum absolute atomic E-state index is 0.734. The summed E-state index contributed by atoms with van der Waals surface area (Å²) in [6.07, 6.45) is 3.68. The second-order valence-corrected chi connectivity index (χ2v) is 3.89. The third-order valence-electron chi connectivity index (χ3n) is 2.69. The highest BCUT2D eigenvalue weighted by molar-refractivity contribution is 5.40. The van der Waals surface area contributed by atoms with Gasteiger partial charge in [0.25, 0.3) is 0 Å². The fourth-order valence-corrected chi connectivity index (χ4v) is 1.71. The molecule has 1 heterocycles. The molecule has 96 valence electrons. The first-order chi connectivity index (χ1) is 8.83. The molecule has 0 amide bonds. The summed E-state index contributed by atoms with van der Waals surface area (Å²) in [6, 6.07) is 5.81. The van der Waals surface area contributed by atoms with E-state index in [1.165, 1.54) is 0 Å². The molecule has 2 N–H and O–H groups in total. The molecule has 0 aliphatic rings. The van der Waals surface area contributed by atoms with E-state index in [1.807, 2.05) is 24.4 Å². The summed E-state index contributed by atoms with van der Waals surface area (Å²) in [7, 11) is 3.31. The van der Waals surface area contributed by atoms with Gasteiger partial charge in [-0.25, -0.2) is 0 Å². The standard InChI is InChI=1S/C13H17N3O2/c1-17-12-4-3-11(13(5-12)18-2)9-14-6-10-7-15-16-8-10/h3-5,7-8,14H,6,9H2,1-2H3,(H,15,16). The van der Waals surface area contributed by atoms with Crippen LogP contribution in [0.3, 0.4) is 0 Å². The van der Waals surface area contributed by atoms with Crippen molar-refractivity contribution >= 4 is 0 Å². The van der Waals surface area contributed by atoms with Crippen LogP contribution in [0.15, 0.2) is 30.6 Å². The Balaban J connectivity index is 1.96. The Morgan fingerprint density at radius 3 is 2.78 bits per heavy atom. The monoisotopic (exact) mass is 247 g/mol. The molecule has 1 aromatic heterocycles. The van der Waals surface area contributed by atoms with Gasteiger partial charge >= 0.3 is 0 Å². The highest BCUT2D eigenvalue weighted by atomic mass is 16.5. The average molecular weight is 247 g/mol. The predicted octanol–water partition coefficient (Wildman–Crippen LogP) is 1.72. The average Bonchev–Trinajstić information content (AvgIpc) is 2.92. The number of H-pyrrole nitrogens is 1. The van der Waals surface area contributed by atoms with Gasteiger partial charge in [0.1, 0.15) is 11.5 Å². The number of methoxy groups -OCH3 is 2. The molecule has 0 radical (unpaired) electrons. The summed E-state index contributed by atoms with van der Waals surface area (Å²) < 4.78 is 10.5. The van der Waals surface area contributed by atoms with Crippen LogP contribution in [-0.2, 0) is 13.1 Å². The number of nitrogens with one attached hydrogen (secondary N) is 2. The van der Waals surface area contributed by atoms with Crippen LogP contribution in [0.4, 0.5) is 0 Å². The molecule has 0 saturated carbocycles. The van der Waals surface area contributed by atoms with Gasteiger partial charge in [-0.1, -0.05) is 6.07 Å². The van der Waals surface area contributed by atoms with Gasteiger partial charge in [-0.2, -0.15) is 5.10 Å². The van der Waals surface area contributed by atoms with E-state index in [9.17, 15) is 0 Å². The molecule has 0 fully saturated rings. The number of ether oxygens (including phenoxy) is 2. The molecule has 0 spiro atoms. The number of hydrogen-bond donors (Lipinski definition) is 2. The highest BCUT2D eigenvalue weighted by Gasteiger charge is 2.04. The molecule has 0 atom stereocenters. The molecular formula is C13H17N3O2. The minimum Gasteiger partial charge on any atom is -0.497 e. The van der Waals surface area contributed by atoms with Crippen molar-refractivity contribution in [2.45, 2.75) is 13.1 Å². The van der Waals surface area contributed by atoms with Crippen LogP contribution >= 0.6 is 0 Å². The van der Waals surface area contributed by atoms with Gasteiger partial charge < -0.3 is 14.8 Å². The van der Waals surface area contributed by atoms with Crippen LogP contribution in [-0.4, -0.2) is 24.4 Å². The molecule has 0 unspecified atom stereocenters. The quantitative estimate of drug-likeness (QED) is 0.816. The highest BCUT2D eigenvalue weighted by Crippen LogP contribution is 2.24. The Kier molecular flexibility index (Phi) is 4.20. The summed E-state index contributed by atoms with van der Waals surface area (Å²) in [6.45, 7) is 1.50. The summed E-state index contributed by atoms with van der Waals surface area (Å²) >= 11 is 0. The van der Waals surface area contributed by atoms with E-state index in [4.69, 9.17) is 9.47 Å². The molecule has 1 aromatic carbocycles. The van der Waals surface area contributed by atoms with Crippen LogP contribution in [0.1, 0.15) is 11.1 Å². The van der Waals surface area contributed by atoms with Crippen LogP contribution in [0.25, 0.3) is 0 Å². The van der Waals surface area contributed by atoms with E-state index >= 15 is 0 Å². The molecule has 0 aliphatic carbocycles. The number of rotatable bonds is 6. The Morgan fingerprint density at radius 2 is 2.11 bits per heavy atom. The van der Waals surface area contributed by atoms with Crippen molar-refractivity contribution in [1.29, 1.82) is 0 Å². The third kappa shape index (κ3) is 3.01. The smallest absolute Gasteiger partial charge is 0.127 e. The molecule has 5 nitrogen and oxygen atoms in total. The molecule has 2 aromatic rings. The first-order valence-corrected chi connectivity index (χ1v) is 5.72. The van der Waals surface area contributed by atoms with E-state index in [0.29, 0.717) is 0 Å². The molecule has 2 rings (SSSR count). The van der Waals surface area contributed by atoms with Crippen molar-refractivity contribution in [2.75, 3.05) is 14.2 Å². The van der Waals surface area contributed by atoms with Gasteiger partial charge in [-0.3, -0.25) is 5.10 Å². The maximum atomic E-state index is 5.34. The van der Waals surface area contributed by atoms with Crippen molar-refractivity contribution in [3.8, 4) is 11.5 Å². The van der Waals surface area contributed by atoms with E-state index in [2.05, 4.69) is 15.5 Å². The van der Waals surface area contributed by atoms with Gasteiger partial charge in [-0.05, 0) is 6.07 Å². The van der Waals surface area contributed by atoms with Crippen molar-refractivity contribution < 1.29 is 9.47 Å². The van der Waals surface area contributed by atoms with Crippen molar-refractivity contribution in [2.24, 2.45) is 0 Å². The van der Waals surface area contributed by atoms with Crippen LogP contribution in [0.2, 0.25) is 0 Å². The maximum absolute atomic E-state index is 5.34. The zero-order chi connectivity index (χ0) is 12.8. The predicted molar refractivity (Wildman–Crippen MR) is 68.7 cm³/mol. The summed E-state index contributed by atoms with van der Waals surface area (Å²) in [5, 5.41) is 10.0. The lowest BCUT2D eigenvalue weighted by atomic mass is 10.2. The molecule has 0 saturated heterocycles. The number of hydrogen-bond acceptors (Lipinski definition) is 4. The molecule has 5 heteroatoms. The second-order valence-electron chi connectivity index (χ2n) is 3.89. The summed E-state index contributed by atoms with van der Waals surface area (Å²) in [5.41, 5.74) is 2.23. The number of nitrogens with zero attached hydrogens (tertiary/aromatic N) is 1. The van der Waals surface area contributed by atoms with Gasteiger partial charge in [0.15, 0.2) is 0 Å². The number of aromatic nitrogens is 2. The molecule has 18 heavy (non-hydrogen) atoms. The third-order valence-corrected chi connectivity index (χ3v) is 2.69. The van der Waals surface area contributed by atoms with Crippen molar-refractivity contribution in [3.05, 3.63) is 41.7 Å². The lowest BCUT2D eigenvalue weighted by Gasteiger charge is -2.10. The van der Waals surface area contributed by atoms with Gasteiger partial charge in [0.05, 0.1) is 20.4 Å². The summed E-state index contributed by atoms with van der Waals surface area (Å²) in [4.78, 5) is 0. The molecule has 0 bridgehead atoms. The van der Waals surface area contributed by atoms with Gasteiger partial charge in [-0.15, -0.1) is 0 Å². The van der Waals surface area contributed by atoms with Crippen LogP contribution in [0, 0.1) is 0 Å². The molecular weight excluding hydrogens is 230 g/mol. The van der Waals surface area contributed by atoms with E-state index in [1.54, 1.807) is 20.4 Å². The fourth-order valence-electron chi connectivity index (χ4n) is 1.71. The Hall–Kier alpha value is -2.01. The SMILES string of the molecule is COc1ccc(CNCc2cn[nH]c2)c(OC)c1. The number of benzene rings is 1. The topological polar surface area (TPSA) is 59.2 Å². The Bertz CT molecular complexity index is 483. The van der Waals surface area contributed by atoms with Crippen molar-refractivity contribution in [1.82, 2.24) is 15.5 Å². The lowest BCUT2D eigenvalue weighted by molar-refractivity contribution is 0.390. The van der Waals surface area contributed by atoms with Gasteiger partial charge in [0.2, 0.25) is 0 Å². The zero-order valence-electron chi connectivity index (χ0n) is 10.6. The Morgan fingerprint density at radius 1 is 1.22 bits per heavy atom. The maximum Gasteiger partial charge on any atom is 0.127 e. The lowest BCUT2D eigenvalue weighted by Crippen LogP contribution is -2.13. The largest absolute Gasteiger partial charge is 0.497 e. The van der Waals surface area contributed by atoms with Crippen molar-refractivity contribution in [3.63, 3.8) is 0 Å².